The van der Waals surface area contributed by atoms with Gasteiger partial charge in [-0.05, 0) is 24.7 Å². The third-order valence-corrected chi connectivity index (χ3v) is 3.88. The van der Waals surface area contributed by atoms with Crippen LogP contribution in [-0.4, -0.2) is 37.0 Å². The molecule has 0 bridgehead atoms. The minimum absolute atomic E-state index is 0.0118. The minimum atomic E-state index is -0.285. The van der Waals surface area contributed by atoms with E-state index in [4.69, 9.17) is 0 Å². The zero-order chi connectivity index (χ0) is 13.2. The molecule has 0 spiro atoms. The van der Waals surface area contributed by atoms with Gasteiger partial charge in [-0.3, -0.25) is 14.9 Å². The molecule has 2 fully saturated rings. The van der Waals surface area contributed by atoms with Crippen molar-refractivity contribution in [3.63, 3.8) is 0 Å². The summed E-state index contributed by atoms with van der Waals surface area (Å²) in [6.45, 7) is 5.13. The largest absolute Gasteiger partial charge is 0.353 e. The molecule has 1 aliphatic heterocycles. The van der Waals surface area contributed by atoms with E-state index in [-0.39, 0.29) is 30.4 Å². The molecule has 1 saturated heterocycles. The van der Waals surface area contributed by atoms with Crippen LogP contribution >= 0.6 is 0 Å². The zero-order valence-corrected chi connectivity index (χ0v) is 11.2. The molecule has 0 aromatic heterocycles. The number of amides is 2. The Hall–Kier alpha value is -1.10. The van der Waals surface area contributed by atoms with Crippen molar-refractivity contribution in [3.05, 3.63) is 0 Å². The molecule has 1 heterocycles. The summed E-state index contributed by atoms with van der Waals surface area (Å²) < 4.78 is 0. The molecule has 0 radical (unpaired) electrons. The van der Waals surface area contributed by atoms with Crippen LogP contribution in [0.1, 0.15) is 39.5 Å². The first-order valence-corrected chi connectivity index (χ1v) is 6.77. The van der Waals surface area contributed by atoms with Crippen molar-refractivity contribution < 1.29 is 9.59 Å². The fraction of sp³-hybridized carbons (Fsp3) is 0.846. The van der Waals surface area contributed by atoms with Gasteiger partial charge in [-0.25, -0.2) is 0 Å². The predicted molar refractivity (Wildman–Crippen MR) is 69.0 cm³/mol. The molecule has 2 rings (SSSR count). The van der Waals surface area contributed by atoms with Crippen LogP contribution in [0.2, 0.25) is 0 Å². The van der Waals surface area contributed by atoms with Crippen LogP contribution in [-0.2, 0) is 9.59 Å². The highest BCUT2D eigenvalue weighted by Crippen LogP contribution is 2.35. The van der Waals surface area contributed by atoms with Crippen molar-refractivity contribution in [1.82, 2.24) is 16.0 Å². The standard InChI is InChI=1S/C13H23N3O2/c1-13(2)5-3-4-9(6-13)16-12(18)10-7-15-11(17)8-14-10/h9-10,14H,3-8H2,1-2H3,(H,15,17)(H,16,18). The lowest BCUT2D eigenvalue weighted by Crippen LogP contribution is -2.59. The van der Waals surface area contributed by atoms with Crippen LogP contribution in [0.5, 0.6) is 0 Å². The Bertz CT molecular complexity index is 331. The number of hydrogen-bond donors (Lipinski definition) is 3. The second-order valence-corrected chi connectivity index (χ2v) is 6.20. The van der Waals surface area contributed by atoms with Crippen molar-refractivity contribution in [3.8, 4) is 0 Å². The molecule has 0 aromatic rings. The minimum Gasteiger partial charge on any atom is -0.353 e. The SMILES string of the molecule is CC1(C)CCCC(NC(=O)C2CNC(=O)CN2)C1. The number of carbonyl (C=O) groups excluding carboxylic acids is 2. The van der Waals surface area contributed by atoms with Crippen molar-refractivity contribution >= 4 is 11.8 Å². The molecule has 18 heavy (non-hydrogen) atoms. The molecule has 1 saturated carbocycles. The van der Waals surface area contributed by atoms with Gasteiger partial charge < -0.3 is 10.6 Å². The topological polar surface area (TPSA) is 70.2 Å². The van der Waals surface area contributed by atoms with Crippen LogP contribution in [0.25, 0.3) is 0 Å². The van der Waals surface area contributed by atoms with Crippen LogP contribution in [0.3, 0.4) is 0 Å². The average Bonchev–Trinajstić information content (AvgIpc) is 2.28. The Kier molecular flexibility index (Phi) is 3.90. The first-order valence-electron chi connectivity index (χ1n) is 6.77. The van der Waals surface area contributed by atoms with Gasteiger partial charge in [0.1, 0.15) is 6.04 Å². The number of hydrogen-bond acceptors (Lipinski definition) is 3. The highest BCUT2D eigenvalue weighted by atomic mass is 16.2. The second kappa shape index (κ2) is 5.26. The molecule has 2 aliphatic rings. The molecule has 2 amide bonds. The third kappa shape index (κ3) is 3.45. The van der Waals surface area contributed by atoms with E-state index >= 15 is 0 Å². The first kappa shape index (κ1) is 13.3. The number of rotatable bonds is 2. The van der Waals surface area contributed by atoms with E-state index in [0.29, 0.717) is 12.0 Å². The highest BCUT2D eigenvalue weighted by molar-refractivity contribution is 5.86. The Morgan fingerprint density at radius 3 is 2.83 bits per heavy atom. The summed E-state index contributed by atoms with van der Waals surface area (Å²) in [4.78, 5) is 23.1. The van der Waals surface area contributed by atoms with Crippen LogP contribution in [0.4, 0.5) is 0 Å². The molecular formula is C13H23N3O2. The van der Waals surface area contributed by atoms with E-state index in [1.165, 1.54) is 12.8 Å². The molecule has 5 heteroatoms. The van der Waals surface area contributed by atoms with E-state index in [2.05, 4.69) is 29.8 Å². The fourth-order valence-corrected chi connectivity index (χ4v) is 2.88. The third-order valence-electron chi connectivity index (χ3n) is 3.88. The monoisotopic (exact) mass is 253 g/mol. The quantitative estimate of drug-likeness (QED) is 0.656. The van der Waals surface area contributed by atoms with Gasteiger partial charge in [-0.1, -0.05) is 20.3 Å². The van der Waals surface area contributed by atoms with E-state index in [1.807, 2.05) is 0 Å². The lowest BCUT2D eigenvalue weighted by atomic mass is 9.75. The van der Waals surface area contributed by atoms with Crippen LogP contribution in [0, 0.1) is 5.41 Å². The Labute approximate surface area is 108 Å². The normalized spacial score (nSPS) is 31.6. The van der Waals surface area contributed by atoms with E-state index < -0.39 is 0 Å². The average molecular weight is 253 g/mol. The van der Waals surface area contributed by atoms with E-state index in [1.54, 1.807) is 0 Å². The predicted octanol–water partition coefficient (Wildman–Crippen LogP) is 0.159. The van der Waals surface area contributed by atoms with Crippen molar-refractivity contribution in [2.75, 3.05) is 13.1 Å². The van der Waals surface area contributed by atoms with E-state index in [0.717, 1.165) is 12.8 Å². The molecule has 5 nitrogen and oxygen atoms in total. The molecular weight excluding hydrogens is 230 g/mol. The maximum atomic E-state index is 12.1. The fourth-order valence-electron chi connectivity index (χ4n) is 2.88. The zero-order valence-electron chi connectivity index (χ0n) is 11.2. The smallest absolute Gasteiger partial charge is 0.239 e. The van der Waals surface area contributed by atoms with Gasteiger partial charge in [0.2, 0.25) is 11.8 Å². The van der Waals surface area contributed by atoms with Crippen molar-refractivity contribution in [2.24, 2.45) is 5.41 Å². The van der Waals surface area contributed by atoms with Gasteiger partial charge in [-0.15, -0.1) is 0 Å². The lowest BCUT2D eigenvalue weighted by molar-refractivity contribution is -0.127. The first-order chi connectivity index (χ1) is 8.46. The molecule has 2 unspecified atom stereocenters. The summed E-state index contributed by atoms with van der Waals surface area (Å²) >= 11 is 0. The van der Waals surface area contributed by atoms with Gasteiger partial charge in [0, 0.05) is 12.6 Å². The molecule has 2 atom stereocenters. The molecule has 1 aliphatic carbocycles. The van der Waals surface area contributed by atoms with Crippen LogP contribution < -0.4 is 16.0 Å². The van der Waals surface area contributed by atoms with Crippen molar-refractivity contribution in [2.45, 2.75) is 51.6 Å². The molecule has 0 aromatic carbocycles. The highest BCUT2D eigenvalue weighted by Gasteiger charge is 2.31. The van der Waals surface area contributed by atoms with Gasteiger partial charge in [-0.2, -0.15) is 0 Å². The lowest BCUT2D eigenvalue weighted by Gasteiger charge is -2.36. The Morgan fingerprint density at radius 2 is 2.22 bits per heavy atom. The number of piperazine rings is 1. The summed E-state index contributed by atoms with van der Waals surface area (Å²) in [6.07, 6.45) is 4.51. The molecule has 102 valence electrons. The summed E-state index contributed by atoms with van der Waals surface area (Å²) in [5, 5.41) is 8.77. The molecule has 3 N–H and O–H groups in total. The van der Waals surface area contributed by atoms with Gasteiger partial charge in [0.25, 0.3) is 0 Å². The van der Waals surface area contributed by atoms with Gasteiger partial charge in [0.15, 0.2) is 0 Å². The van der Waals surface area contributed by atoms with Crippen molar-refractivity contribution in [1.29, 1.82) is 0 Å². The van der Waals surface area contributed by atoms with Gasteiger partial charge >= 0.3 is 0 Å². The summed E-state index contributed by atoms with van der Waals surface area (Å²) in [5.74, 6) is -0.0319. The Morgan fingerprint density at radius 1 is 1.44 bits per heavy atom. The number of carbonyl (C=O) groups is 2. The summed E-state index contributed by atoms with van der Waals surface area (Å²) in [5.41, 5.74) is 0.324. The maximum absolute atomic E-state index is 12.1. The Balaban J connectivity index is 1.82. The van der Waals surface area contributed by atoms with Gasteiger partial charge in [0.05, 0.1) is 6.54 Å². The summed E-state index contributed by atoms with van der Waals surface area (Å²) in [7, 11) is 0. The summed E-state index contributed by atoms with van der Waals surface area (Å²) in [6, 6.07) is -0.00610. The van der Waals surface area contributed by atoms with Crippen LogP contribution in [0.15, 0.2) is 0 Å². The van der Waals surface area contributed by atoms with E-state index in [9.17, 15) is 9.59 Å². The number of nitrogens with one attached hydrogen (secondary N) is 3. The second-order valence-electron chi connectivity index (χ2n) is 6.20. The maximum Gasteiger partial charge on any atom is 0.239 e.